The van der Waals surface area contributed by atoms with Crippen LogP contribution >= 0.6 is 0 Å². The van der Waals surface area contributed by atoms with E-state index in [2.05, 4.69) is 0 Å². The molecule has 0 spiro atoms. The lowest BCUT2D eigenvalue weighted by Gasteiger charge is -2.25. The molecule has 0 aromatic heterocycles. The summed E-state index contributed by atoms with van der Waals surface area (Å²) in [5.41, 5.74) is 5.93. The maximum Gasteiger partial charge on any atom is 0.234 e. The van der Waals surface area contributed by atoms with Gasteiger partial charge in [-0.25, -0.2) is 8.78 Å². The van der Waals surface area contributed by atoms with Crippen LogP contribution in [-0.4, -0.2) is 53.8 Å². The van der Waals surface area contributed by atoms with Crippen molar-refractivity contribution in [1.82, 2.24) is 9.80 Å². The minimum Gasteiger partial charge on any atom is -0.368 e. The van der Waals surface area contributed by atoms with Gasteiger partial charge in [0.25, 0.3) is 0 Å². The van der Waals surface area contributed by atoms with Crippen LogP contribution in [0, 0.1) is 11.6 Å². The Balaban J connectivity index is 1.86. The molecule has 1 atom stereocenters. The lowest BCUT2D eigenvalue weighted by Crippen LogP contribution is -2.44. The molecule has 2 N–H and O–H groups in total. The number of hydrogen-bond donors (Lipinski definition) is 1. The number of halogens is 2. The smallest absolute Gasteiger partial charge is 0.234 e. The molecule has 0 radical (unpaired) electrons. The largest absolute Gasteiger partial charge is 0.368 e. The van der Waals surface area contributed by atoms with Crippen LogP contribution in [0.1, 0.15) is 25.3 Å². The second-order valence-corrected chi connectivity index (χ2v) is 6.10. The van der Waals surface area contributed by atoms with Gasteiger partial charge in [-0.3, -0.25) is 14.5 Å². The molecule has 7 heteroatoms. The number of carbonyl (C=O) groups excluding carboxylic acids is 2. The van der Waals surface area contributed by atoms with Crippen molar-refractivity contribution in [1.29, 1.82) is 0 Å². The van der Waals surface area contributed by atoms with Gasteiger partial charge in [0.1, 0.15) is 0 Å². The summed E-state index contributed by atoms with van der Waals surface area (Å²) >= 11 is 0. The third kappa shape index (κ3) is 4.74. The lowest BCUT2D eigenvalue weighted by atomic mass is 10.1. The van der Waals surface area contributed by atoms with E-state index in [9.17, 15) is 18.4 Å². The number of nitrogens with two attached hydrogens (primary N) is 1. The van der Waals surface area contributed by atoms with Crippen LogP contribution in [-0.2, 0) is 16.0 Å². The van der Waals surface area contributed by atoms with E-state index in [0.29, 0.717) is 31.6 Å². The summed E-state index contributed by atoms with van der Waals surface area (Å²) in [6, 6.07) is 3.35. The highest BCUT2D eigenvalue weighted by Gasteiger charge is 2.24. The van der Waals surface area contributed by atoms with Crippen molar-refractivity contribution >= 4 is 11.8 Å². The fourth-order valence-corrected chi connectivity index (χ4v) is 2.86. The molecule has 5 nitrogen and oxygen atoms in total. The molecule has 1 unspecified atom stereocenters. The van der Waals surface area contributed by atoms with Crippen LogP contribution in [0.25, 0.3) is 0 Å². The third-order valence-electron chi connectivity index (χ3n) is 4.45. The fraction of sp³-hybridized carbons (Fsp3) is 0.529. The van der Waals surface area contributed by atoms with Gasteiger partial charge in [-0.05, 0) is 37.5 Å². The third-order valence-corrected chi connectivity index (χ3v) is 4.45. The van der Waals surface area contributed by atoms with E-state index >= 15 is 0 Å². The molecule has 1 fully saturated rings. The Labute approximate surface area is 140 Å². The second-order valence-electron chi connectivity index (χ2n) is 6.10. The van der Waals surface area contributed by atoms with Crippen molar-refractivity contribution in [3.05, 3.63) is 35.4 Å². The van der Waals surface area contributed by atoms with Crippen molar-refractivity contribution in [3.63, 3.8) is 0 Å². The molecule has 2 rings (SSSR count). The first kappa shape index (κ1) is 18.3. The van der Waals surface area contributed by atoms with Crippen molar-refractivity contribution in [2.75, 3.05) is 26.2 Å². The highest BCUT2D eigenvalue weighted by molar-refractivity contribution is 5.79. The maximum atomic E-state index is 13.2. The molecular weight excluding hydrogens is 316 g/mol. The van der Waals surface area contributed by atoms with Crippen LogP contribution in [0.15, 0.2) is 18.2 Å². The maximum absolute atomic E-state index is 13.2. The zero-order valence-corrected chi connectivity index (χ0v) is 13.8. The van der Waals surface area contributed by atoms with Crippen LogP contribution in [0.2, 0.25) is 0 Å². The van der Waals surface area contributed by atoms with Crippen molar-refractivity contribution in [2.45, 2.75) is 32.2 Å². The quantitative estimate of drug-likeness (QED) is 0.879. The molecule has 1 aromatic carbocycles. The molecule has 1 aromatic rings. The van der Waals surface area contributed by atoms with Gasteiger partial charge >= 0.3 is 0 Å². The van der Waals surface area contributed by atoms with Gasteiger partial charge in [-0.2, -0.15) is 0 Å². The average molecular weight is 339 g/mol. The van der Waals surface area contributed by atoms with Gasteiger partial charge in [0, 0.05) is 32.6 Å². The van der Waals surface area contributed by atoms with E-state index in [1.165, 1.54) is 6.07 Å². The highest BCUT2D eigenvalue weighted by atomic mass is 19.2. The van der Waals surface area contributed by atoms with Gasteiger partial charge < -0.3 is 10.6 Å². The Morgan fingerprint density at radius 2 is 1.92 bits per heavy atom. The molecule has 0 saturated carbocycles. The molecule has 2 amide bonds. The van der Waals surface area contributed by atoms with E-state index in [1.807, 2.05) is 4.90 Å². The normalized spacial score (nSPS) is 17.4. The van der Waals surface area contributed by atoms with E-state index in [4.69, 9.17) is 5.73 Å². The first-order chi connectivity index (χ1) is 11.4. The minimum absolute atomic E-state index is 0.0201. The summed E-state index contributed by atoms with van der Waals surface area (Å²) < 4.78 is 26.1. The van der Waals surface area contributed by atoms with Crippen molar-refractivity contribution in [2.24, 2.45) is 5.73 Å². The summed E-state index contributed by atoms with van der Waals surface area (Å²) in [5, 5.41) is 0. The number of amides is 2. The van der Waals surface area contributed by atoms with Crippen LogP contribution in [0.4, 0.5) is 8.78 Å². The van der Waals surface area contributed by atoms with Crippen LogP contribution < -0.4 is 5.73 Å². The van der Waals surface area contributed by atoms with Gasteiger partial charge in [-0.1, -0.05) is 6.07 Å². The molecule has 0 aliphatic carbocycles. The topological polar surface area (TPSA) is 66.6 Å². The molecular formula is C17H23F2N3O2. The van der Waals surface area contributed by atoms with Gasteiger partial charge in [-0.15, -0.1) is 0 Å². The SMILES string of the molecule is CC(C(N)=O)N1CCCN(C(=O)CCc2ccc(F)c(F)c2)CC1. The van der Waals surface area contributed by atoms with Gasteiger partial charge in [0.05, 0.1) is 6.04 Å². The summed E-state index contributed by atoms with van der Waals surface area (Å²) in [4.78, 5) is 27.3. The van der Waals surface area contributed by atoms with Crippen LogP contribution in [0.5, 0.6) is 0 Å². The zero-order valence-electron chi connectivity index (χ0n) is 13.8. The zero-order chi connectivity index (χ0) is 17.7. The predicted octanol–water partition coefficient (Wildman–Crippen LogP) is 1.31. The molecule has 1 aliphatic heterocycles. The first-order valence-electron chi connectivity index (χ1n) is 8.13. The van der Waals surface area contributed by atoms with E-state index in [-0.39, 0.29) is 24.3 Å². The number of aryl methyl sites for hydroxylation is 1. The molecule has 132 valence electrons. The van der Waals surface area contributed by atoms with Gasteiger partial charge in [0.15, 0.2) is 11.6 Å². The number of hydrogen-bond acceptors (Lipinski definition) is 3. The Kier molecular flexibility index (Phi) is 6.25. The van der Waals surface area contributed by atoms with Crippen LogP contribution in [0.3, 0.4) is 0 Å². The number of primary amides is 1. The highest BCUT2D eigenvalue weighted by Crippen LogP contribution is 2.13. The number of nitrogens with zero attached hydrogens (tertiary/aromatic N) is 2. The molecule has 1 aliphatic rings. The monoisotopic (exact) mass is 339 g/mol. The standard InChI is InChI=1S/C17H23F2N3O2/c1-12(17(20)24)21-7-2-8-22(10-9-21)16(23)6-4-13-3-5-14(18)15(19)11-13/h3,5,11-12H,2,4,6-10H2,1H3,(H2,20,24). The summed E-state index contributed by atoms with van der Waals surface area (Å²) in [5.74, 6) is -2.17. The van der Waals surface area contributed by atoms with Crippen molar-refractivity contribution in [3.8, 4) is 0 Å². The molecule has 24 heavy (non-hydrogen) atoms. The van der Waals surface area contributed by atoms with E-state index in [1.54, 1.807) is 11.8 Å². The molecule has 0 bridgehead atoms. The Hall–Kier alpha value is -2.02. The Morgan fingerprint density at radius 1 is 1.17 bits per heavy atom. The second kappa shape index (κ2) is 8.19. The minimum atomic E-state index is -0.897. The average Bonchev–Trinajstić information content (AvgIpc) is 2.81. The number of carbonyl (C=O) groups is 2. The van der Waals surface area contributed by atoms with E-state index < -0.39 is 11.6 Å². The molecule has 1 heterocycles. The molecule has 1 saturated heterocycles. The summed E-state index contributed by atoms with van der Waals surface area (Å²) in [6.45, 7) is 4.24. The van der Waals surface area contributed by atoms with Crippen molar-refractivity contribution < 1.29 is 18.4 Å². The first-order valence-corrected chi connectivity index (χ1v) is 8.13. The van der Waals surface area contributed by atoms with E-state index in [0.717, 1.165) is 25.1 Å². The van der Waals surface area contributed by atoms with Gasteiger partial charge in [0.2, 0.25) is 11.8 Å². The predicted molar refractivity (Wildman–Crippen MR) is 86.1 cm³/mol. The number of rotatable bonds is 5. The fourth-order valence-electron chi connectivity index (χ4n) is 2.86. The summed E-state index contributed by atoms with van der Waals surface area (Å²) in [7, 11) is 0. The Morgan fingerprint density at radius 3 is 2.58 bits per heavy atom. The number of benzene rings is 1. The lowest BCUT2D eigenvalue weighted by molar-refractivity contribution is -0.131. The Bertz CT molecular complexity index is 609. The summed E-state index contributed by atoms with van der Waals surface area (Å²) in [6.07, 6.45) is 1.39.